The molecule has 3 amide bonds. The van der Waals surface area contributed by atoms with Crippen LogP contribution in [0.4, 0.5) is 5.69 Å². The van der Waals surface area contributed by atoms with Gasteiger partial charge in [-0.1, -0.05) is 37.1 Å². The summed E-state index contributed by atoms with van der Waals surface area (Å²) in [5.41, 5.74) is 1.33. The van der Waals surface area contributed by atoms with Gasteiger partial charge >= 0.3 is 0 Å². The highest BCUT2D eigenvalue weighted by atomic mass is 16.2. The molecular formula is C25H30N4O3. The summed E-state index contributed by atoms with van der Waals surface area (Å²) < 4.78 is 0. The predicted octanol–water partition coefficient (Wildman–Crippen LogP) is 3.25. The van der Waals surface area contributed by atoms with E-state index in [1.165, 1.54) is 4.90 Å². The number of para-hydroxylation sites is 1. The first kappa shape index (κ1) is 22.0. The Morgan fingerprint density at radius 2 is 1.91 bits per heavy atom. The Morgan fingerprint density at radius 3 is 2.62 bits per heavy atom. The van der Waals surface area contributed by atoms with Crippen molar-refractivity contribution in [3.8, 4) is 0 Å². The number of benzene rings is 1. The summed E-state index contributed by atoms with van der Waals surface area (Å²) in [6.07, 6.45) is 9.58. The van der Waals surface area contributed by atoms with Gasteiger partial charge in [0.2, 0.25) is 5.91 Å². The van der Waals surface area contributed by atoms with Crippen molar-refractivity contribution in [2.45, 2.75) is 64.5 Å². The van der Waals surface area contributed by atoms with E-state index in [1.54, 1.807) is 17.9 Å². The van der Waals surface area contributed by atoms with E-state index in [2.05, 4.69) is 10.3 Å². The summed E-state index contributed by atoms with van der Waals surface area (Å²) in [4.78, 5) is 46.9. The van der Waals surface area contributed by atoms with Crippen molar-refractivity contribution in [2.24, 2.45) is 4.99 Å². The smallest absolute Gasteiger partial charge is 0.254 e. The first-order chi connectivity index (χ1) is 15.3. The molecule has 0 saturated heterocycles. The first-order valence-corrected chi connectivity index (χ1v) is 11.2. The molecule has 1 aromatic carbocycles. The monoisotopic (exact) mass is 434 g/mol. The Hall–Kier alpha value is -3.22. The van der Waals surface area contributed by atoms with Crippen LogP contribution in [0.25, 0.3) is 0 Å². The Balaban J connectivity index is 1.68. The predicted molar refractivity (Wildman–Crippen MR) is 124 cm³/mol. The number of aliphatic imine (C=N–C) groups is 1. The molecule has 0 unspecified atom stereocenters. The minimum absolute atomic E-state index is 0.0560. The normalized spacial score (nSPS) is 22.8. The van der Waals surface area contributed by atoms with E-state index >= 15 is 0 Å². The number of aryl methyl sites for hydroxylation is 1. The van der Waals surface area contributed by atoms with Gasteiger partial charge in [-0.25, -0.2) is 0 Å². The fraction of sp³-hybridized carbons (Fsp3) is 0.440. The number of carbonyl (C=O) groups is 3. The van der Waals surface area contributed by atoms with Crippen molar-refractivity contribution in [3.63, 3.8) is 0 Å². The molecule has 0 spiro atoms. The van der Waals surface area contributed by atoms with Gasteiger partial charge < -0.3 is 15.1 Å². The van der Waals surface area contributed by atoms with Crippen LogP contribution < -0.4 is 10.2 Å². The Morgan fingerprint density at radius 1 is 1.19 bits per heavy atom. The lowest BCUT2D eigenvalue weighted by Gasteiger charge is -2.44. The third-order valence-electron chi connectivity index (χ3n) is 6.48. The second kappa shape index (κ2) is 8.73. The molecule has 1 N–H and O–H groups in total. The number of carbonyl (C=O) groups excluding carboxylic acids is 3. The lowest BCUT2D eigenvalue weighted by molar-refractivity contribution is -0.133. The minimum Gasteiger partial charge on any atom is -0.352 e. The molecule has 0 bridgehead atoms. The van der Waals surface area contributed by atoms with Gasteiger partial charge in [-0.3, -0.25) is 14.4 Å². The molecule has 3 aliphatic rings. The second-order valence-electron chi connectivity index (χ2n) is 9.12. The van der Waals surface area contributed by atoms with Gasteiger partial charge in [0.1, 0.15) is 17.9 Å². The fourth-order valence-corrected chi connectivity index (χ4v) is 4.72. The highest BCUT2D eigenvalue weighted by Crippen LogP contribution is 2.33. The number of fused-ring (bicyclic) bond motifs is 1. The lowest BCUT2D eigenvalue weighted by Crippen LogP contribution is -2.62. The average Bonchev–Trinajstić information content (AvgIpc) is 3.25. The number of hydrogen-bond donors (Lipinski definition) is 1. The van der Waals surface area contributed by atoms with Crippen LogP contribution in [0.1, 0.15) is 51.5 Å². The van der Waals surface area contributed by atoms with E-state index in [0.29, 0.717) is 11.5 Å². The summed E-state index contributed by atoms with van der Waals surface area (Å²) in [6, 6.07) is 7.68. The van der Waals surface area contributed by atoms with E-state index in [-0.39, 0.29) is 36.7 Å². The number of anilines is 1. The second-order valence-corrected chi connectivity index (χ2v) is 9.12. The quantitative estimate of drug-likeness (QED) is 0.771. The Labute approximate surface area is 188 Å². The van der Waals surface area contributed by atoms with E-state index in [4.69, 9.17) is 0 Å². The molecule has 0 radical (unpaired) electrons. The molecule has 7 nitrogen and oxygen atoms in total. The van der Waals surface area contributed by atoms with Crippen molar-refractivity contribution in [1.82, 2.24) is 10.2 Å². The molecule has 168 valence electrons. The molecular weight excluding hydrogens is 404 g/mol. The number of rotatable bonds is 5. The minimum atomic E-state index is -1.18. The number of nitrogens with one attached hydrogen (secondary N) is 1. The highest BCUT2D eigenvalue weighted by molar-refractivity contribution is 6.13. The molecule has 2 heterocycles. The van der Waals surface area contributed by atoms with Crippen LogP contribution in [0, 0.1) is 6.92 Å². The average molecular weight is 435 g/mol. The zero-order valence-electron chi connectivity index (χ0n) is 18.9. The van der Waals surface area contributed by atoms with Gasteiger partial charge in [0.05, 0.1) is 6.42 Å². The topological polar surface area (TPSA) is 82.1 Å². The van der Waals surface area contributed by atoms with Crippen molar-refractivity contribution in [1.29, 1.82) is 0 Å². The van der Waals surface area contributed by atoms with E-state index in [1.807, 2.05) is 50.4 Å². The summed E-state index contributed by atoms with van der Waals surface area (Å²) in [7, 11) is 0. The third-order valence-corrected chi connectivity index (χ3v) is 6.48. The molecule has 1 aromatic rings. The summed E-state index contributed by atoms with van der Waals surface area (Å²) >= 11 is 0. The van der Waals surface area contributed by atoms with Crippen LogP contribution >= 0.6 is 0 Å². The molecule has 1 aliphatic carbocycles. The third kappa shape index (κ3) is 4.24. The Kier molecular flexibility index (Phi) is 6.00. The van der Waals surface area contributed by atoms with Gasteiger partial charge in [-0.15, -0.1) is 0 Å². The van der Waals surface area contributed by atoms with Crippen molar-refractivity contribution in [2.75, 3.05) is 11.4 Å². The van der Waals surface area contributed by atoms with Gasteiger partial charge in [0.15, 0.2) is 0 Å². The molecule has 32 heavy (non-hydrogen) atoms. The molecule has 1 fully saturated rings. The van der Waals surface area contributed by atoms with Crippen LogP contribution in [-0.2, 0) is 14.4 Å². The summed E-state index contributed by atoms with van der Waals surface area (Å²) in [5, 5.41) is 3.08. The molecule has 1 atom stereocenters. The van der Waals surface area contributed by atoms with Crippen LogP contribution in [0.3, 0.4) is 0 Å². The maximum Gasteiger partial charge on any atom is 0.254 e. The maximum atomic E-state index is 14.1. The van der Waals surface area contributed by atoms with Gasteiger partial charge in [-0.2, -0.15) is 4.99 Å². The number of allylic oxidation sites excluding steroid dienone is 2. The first-order valence-electron chi connectivity index (χ1n) is 11.2. The number of nitrogens with zero attached hydrogens (tertiary/aromatic N) is 3. The van der Waals surface area contributed by atoms with Gasteiger partial charge in [-0.05, 0) is 56.9 Å². The zero-order chi connectivity index (χ0) is 22.9. The van der Waals surface area contributed by atoms with E-state index < -0.39 is 5.54 Å². The van der Waals surface area contributed by atoms with Crippen LogP contribution in [0.2, 0.25) is 0 Å². The molecule has 1 saturated carbocycles. The standard InChI is InChI=1S/C25H30N4O3/c1-17-12-13-21-27-22(30)14-25(3,29(21)15-17)24(32)28(20-11-7-4-8-18(20)2)16-23(31)26-19-9-5-6-10-19/h4,7-8,11-13,15,19H,5-6,9-10,14,16H2,1-3H3,(H,26,31)/t25-/m1/s1. The summed E-state index contributed by atoms with van der Waals surface area (Å²) in [6.45, 7) is 5.51. The van der Waals surface area contributed by atoms with Crippen LogP contribution in [0.5, 0.6) is 0 Å². The van der Waals surface area contributed by atoms with Crippen LogP contribution in [-0.4, -0.2) is 46.6 Å². The van der Waals surface area contributed by atoms with Crippen molar-refractivity contribution < 1.29 is 14.4 Å². The largest absolute Gasteiger partial charge is 0.352 e. The Bertz CT molecular complexity index is 1040. The van der Waals surface area contributed by atoms with Crippen LogP contribution in [0.15, 0.2) is 53.2 Å². The number of hydrogen-bond acceptors (Lipinski definition) is 4. The fourth-order valence-electron chi connectivity index (χ4n) is 4.72. The van der Waals surface area contributed by atoms with E-state index in [9.17, 15) is 14.4 Å². The zero-order valence-corrected chi connectivity index (χ0v) is 18.9. The van der Waals surface area contributed by atoms with Crippen molar-refractivity contribution >= 4 is 29.2 Å². The number of amidine groups is 1. The molecule has 2 aliphatic heterocycles. The highest BCUT2D eigenvalue weighted by Gasteiger charge is 2.48. The summed E-state index contributed by atoms with van der Waals surface area (Å²) in [5.74, 6) is -0.375. The number of amides is 3. The van der Waals surface area contributed by atoms with E-state index in [0.717, 1.165) is 36.8 Å². The SMILES string of the molecule is CC1=CN2C(=NC(=O)C[C@]2(C)C(=O)N(CC(=O)NC2CCCC2)c2ccccc2C)C=C1. The molecule has 4 rings (SSSR count). The van der Waals surface area contributed by atoms with Gasteiger partial charge in [0.25, 0.3) is 11.8 Å². The maximum absolute atomic E-state index is 14.1. The lowest BCUT2D eigenvalue weighted by atomic mass is 9.89. The molecule has 0 aromatic heterocycles. The molecule has 7 heteroatoms. The van der Waals surface area contributed by atoms with Gasteiger partial charge in [0, 0.05) is 17.9 Å². The van der Waals surface area contributed by atoms with Crippen molar-refractivity contribution in [3.05, 3.63) is 53.8 Å².